The predicted octanol–water partition coefficient (Wildman–Crippen LogP) is 18.3. The molecule has 0 saturated carbocycles. The molecular formula is C101H113BrN12O8S. The van der Waals surface area contributed by atoms with Crippen molar-refractivity contribution in [2.75, 3.05) is 107 Å². The molecule has 0 aliphatic carbocycles. The fourth-order valence-electron chi connectivity index (χ4n) is 15.0. The smallest absolute Gasteiger partial charge is 0.175 e. The van der Waals surface area contributed by atoms with E-state index in [9.17, 15) is 24.0 Å². The first-order chi connectivity index (χ1) is 58.5. The van der Waals surface area contributed by atoms with Gasteiger partial charge in [-0.15, -0.1) is 0 Å². The van der Waals surface area contributed by atoms with Gasteiger partial charge in [-0.05, 0) is 233 Å². The molecule has 2 saturated heterocycles. The first kappa shape index (κ1) is 92.9. The number of anilines is 9. The van der Waals surface area contributed by atoms with Crippen LogP contribution in [-0.4, -0.2) is 85.5 Å². The Hall–Kier alpha value is -12.4. The van der Waals surface area contributed by atoms with Gasteiger partial charge >= 0.3 is 0 Å². The minimum atomic E-state index is -3.13. The average molecular weight is 1740 g/mol. The first-order valence-corrected chi connectivity index (χ1v) is 43.6. The molecule has 17 rings (SSSR count). The van der Waals surface area contributed by atoms with Gasteiger partial charge in [-0.1, -0.05) is 200 Å². The summed E-state index contributed by atoms with van der Waals surface area (Å²) >= 11 is 3.64. The molecule has 15 aromatic carbocycles. The molecule has 17 N–H and O–H groups in total. The van der Waals surface area contributed by atoms with E-state index in [1.165, 1.54) is 104 Å². The van der Waals surface area contributed by atoms with E-state index in [0.717, 1.165) is 133 Å². The molecule has 0 amide bonds. The van der Waals surface area contributed by atoms with Gasteiger partial charge in [-0.25, -0.2) is 8.42 Å². The zero-order valence-corrected chi connectivity index (χ0v) is 72.7. The van der Waals surface area contributed by atoms with Crippen LogP contribution < -0.4 is 62.6 Å². The van der Waals surface area contributed by atoms with E-state index in [1.807, 2.05) is 106 Å². The number of quaternary nitrogens is 3. The normalized spacial score (nSPS) is 12.1. The first-order valence-electron chi connectivity index (χ1n) is 41.0. The maximum atomic E-state index is 11.6. The van der Waals surface area contributed by atoms with Gasteiger partial charge in [0.15, 0.2) is 26.9 Å². The van der Waals surface area contributed by atoms with E-state index < -0.39 is 9.84 Å². The van der Waals surface area contributed by atoms with Gasteiger partial charge in [-0.3, -0.25) is 0 Å². The van der Waals surface area contributed by atoms with Gasteiger partial charge in [0, 0.05) is 144 Å². The second-order valence-corrected chi connectivity index (χ2v) is 33.6. The standard InChI is InChI=1S/C22H25N3O.C21H21BrN2.C21H23N3O.C19H21N3O.C18H17NO2S.3H2O/c26-24-21-14-17(8-11-22(21)25-12-4-1-5-13-25)16-23-20-10-9-18-6-2-3-7-19(18)15-20;1-24(2)21-13-8-16(14-20(21)22)15-23-19-11-9-18(10-12-19)17-6-4-3-5-7-17;25-23-20-13-16(7-10-21(20)24-11-3-4-12-24)15-22-19-9-8-17-5-1-2-6-18(17)14-19;1-22(2)19-10-7-14(11-18(19)21-23)13-20-17-9-8-15-5-3-4-6-16(15)12-17;1-22(20,21)18-10-6-14(7-11-18)13-19-17-9-8-15-4-2-3-5-16(15)12-17;;;/h2-3,6-11,14-15,23H,1,4-5,12-13,16,24H2;3-14,23H,15H2,1-2H3;1-2,5-10,13-14,22H,3-4,11-12,15,23H2;3-12,20H,13,21H2,1-2H3;2-12,19H,13H2,1H3;3*1H2. The van der Waals surface area contributed by atoms with Crippen LogP contribution in [0.1, 0.15) is 59.9 Å². The topological polar surface area (TPSA) is 321 Å². The average Bonchev–Trinajstić information content (AvgIpc) is 1.19. The minimum absolute atomic E-state index is 0. The molecule has 0 aromatic heterocycles. The van der Waals surface area contributed by atoms with Crippen LogP contribution in [-0.2, 0) is 42.6 Å². The second-order valence-electron chi connectivity index (χ2n) is 30.7. The molecule has 15 aromatic rings. The van der Waals surface area contributed by atoms with Crippen molar-refractivity contribution in [2.45, 2.75) is 69.7 Å². The number of nitrogens with one attached hydrogen (secondary N) is 5. The van der Waals surface area contributed by atoms with Crippen LogP contribution in [0.25, 0.3) is 54.2 Å². The molecule has 0 unspecified atom stereocenters. The lowest BCUT2D eigenvalue weighted by Gasteiger charge is -2.30. The summed E-state index contributed by atoms with van der Waals surface area (Å²) < 4.78 is 24.0. The number of fused-ring (bicyclic) bond motifs is 4. The number of halogens is 1. The number of benzene rings is 15. The number of hydrogen-bond acceptors (Lipinski definition) is 14. The molecule has 2 aliphatic heterocycles. The summed E-state index contributed by atoms with van der Waals surface area (Å²) in [5.74, 6) is 0. The Bertz CT molecular complexity index is 5980. The zero-order valence-electron chi connectivity index (χ0n) is 70.3. The Labute approximate surface area is 730 Å². The van der Waals surface area contributed by atoms with E-state index in [0.29, 0.717) is 36.8 Å². The van der Waals surface area contributed by atoms with Crippen LogP contribution in [0.4, 0.5) is 68.2 Å². The van der Waals surface area contributed by atoms with Gasteiger partial charge in [0.25, 0.3) is 0 Å². The largest absolute Gasteiger partial charge is 0.630 e. The molecule has 22 heteroatoms. The molecule has 2 fully saturated rings. The fourth-order valence-corrected chi connectivity index (χ4v) is 16.4. The highest BCUT2D eigenvalue weighted by Gasteiger charge is 2.20. The van der Waals surface area contributed by atoms with E-state index in [2.05, 4.69) is 294 Å². The molecule has 0 spiro atoms. The third-order valence-electron chi connectivity index (χ3n) is 21.6. The molecule has 0 atom stereocenters. The summed E-state index contributed by atoms with van der Waals surface area (Å²) in [7, 11) is 4.84. The van der Waals surface area contributed by atoms with E-state index >= 15 is 0 Å². The third-order valence-corrected chi connectivity index (χ3v) is 23.4. The van der Waals surface area contributed by atoms with Gasteiger partial charge in [0.05, 0.1) is 27.6 Å². The molecule has 2 heterocycles. The number of sulfone groups is 1. The van der Waals surface area contributed by atoms with Crippen molar-refractivity contribution in [3.05, 3.63) is 369 Å². The van der Waals surface area contributed by atoms with Crippen molar-refractivity contribution in [3.63, 3.8) is 0 Å². The highest BCUT2D eigenvalue weighted by molar-refractivity contribution is 9.10. The summed E-state index contributed by atoms with van der Waals surface area (Å²) in [5.41, 5.74) is 23.0. The molecule has 2 aliphatic rings. The zero-order chi connectivity index (χ0) is 83.6. The Balaban J connectivity index is 0.000000160. The van der Waals surface area contributed by atoms with Crippen LogP contribution in [0.5, 0.6) is 0 Å². The van der Waals surface area contributed by atoms with Gasteiger partial charge in [-0.2, -0.15) is 0 Å². The fraction of sp³-hybridized carbons (Fsp3) is 0.188. The summed E-state index contributed by atoms with van der Waals surface area (Å²) in [5, 5.41) is 61.4. The second kappa shape index (κ2) is 46.0. The van der Waals surface area contributed by atoms with Crippen molar-refractivity contribution >= 4 is 137 Å². The van der Waals surface area contributed by atoms with Crippen molar-refractivity contribution in [1.29, 1.82) is 0 Å². The van der Waals surface area contributed by atoms with Crippen molar-refractivity contribution < 1.29 is 41.3 Å². The predicted molar refractivity (Wildman–Crippen MR) is 519 cm³/mol. The van der Waals surface area contributed by atoms with Crippen LogP contribution in [0.3, 0.4) is 0 Å². The monoisotopic (exact) mass is 1730 g/mol. The maximum absolute atomic E-state index is 11.6. The maximum Gasteiger partial charge on any atom is 0.175 e. The summed E-state index contributed by atoms with van der Waals surface area (Å²) in [6.07, 6.45) is 7.36. The highest BCUT2D eigenvalue weighted by Crippen LogP contribution is 2.33. The van der Waals surface area contributed by atoms with E-state index in [4.69, 9.17) is 0 Å². The van der Waals surface area contributed by atoms with Gasteiger partial charge in [0.1, 0.15) is 0 Å². The lowest BCUT2D eigenvalue weighted by Crippen LogP contribution is -2.70. The number of piperidine rings is 1. The summed E-state index contributed by atoms with van der Waals surface area (Å²) in [6.45, 7) is 7.77. The Morgan fingerprint density at radius 3 is 0.984 bits per heavy atom. The van der Waals surface area contributed by atoms with Crippen molar-refractivity contribution in [1.82, 2.24) is 0 Å². The van der Waals surface area contributed by atoms with Crippen molar-refractivity contribution in [2.24, 2.45) is 0 Å². The Kier molecular flexibility index (Phi) is 34.8. The lowest BCUT2D eigenvalue weighted by molar-refractivity contribution is -0.496. The molecule has 123 heavy (non-hydrogen) atoms. The van der Waals surface area contributed by atoms with E-state index in [1.54, 1.807) is 12.1 Å². The molecule has 20 nitrogen and oxygen atoms in total. The number of nitrogens with two attached hydrogens (primary N) is 3. The van der Waals surface area contributed by atoms with Gasteiger partial charge < -0.3 is 94.7 Å². The summed E-state index contributed by atoms with van der Waals surface area (Å²) in [6, 6.07) is 109. The molecule has 0 bridgehead atoms. The van der Waals surface area contributed by atoms with Gasteiger partial charge in [0.2, 0.25) is 0 Å². The highest BCUT2D eigenvalue weighted by atomic mass is 79.9. The lowest BCUT2D eigenvalue weighted by atomic mass is 10.1. The van der Waals surface area contributed by atoms with Crippen LogP contribution in [0.2, 0.25) is 0 Å². The quantitative estimate of drug-likeness (QED) is 0.0206. The SMILES string of the molecule is CN(C)c1ccc(CNc2ccc(-c3ccccc3)cc2)cc1Br.CN(C)c1ccc(CNc2ccc3ccccc3c2)cc1[NH2+][O-].CS(=O)(=O)c1ccc(CNc2ccc3ccccc3c2)cc1.O.O.O.[O-][NH2+]c1cc(CNc2ccc3ccccc3c2)ccc1N1CCCC1.[O-][NH2+]c1cc(CNc2ccc3ccccc3c2)ccc1N1CCCCC1. The van der Waals surface area contributed by atoms with Crippen molar-refractivity contribution in [3.8, 4) is 11.1 Å². The number of hydrogen-bond donors (Lipinski definition) is 8. The number of rotatable bonds is 24. The summed E-state index contributed by atoms with van der Waals surface area (Å²) in [4.78, 5) is 9.05. The van der Waals surface area contributed by atoms with Crippen LogP contribution in [0.15, 0.2) is 331 Å². The minimum Gasteiger partial charge on any atom is -0.630 e. The molecule has 0 radical (unpaired) electrons. The molecular weight excluding hydrogens is 1620 g/mol. The Morgan fingerprint density at radius 2 is 0.618 bits per heavy atom. The molecule has 638 valence electrons. The van der Waals surface area contributed by atoms with Crippen LogP contribution in [0, 0.1) is 15.6 Å². The number of nitrogens with zero attached hydrogens (tertiary/aromatic N) is 4. The van der Waals surface area contributed by atoms with E-state index in [-0.39, 0.29) is 16.4 Å². The Morgan fingerprint density at radius 1 is 0.317 bits per heavy atom. The van der Waals surface area contributed by atoms with Crippen LogP contribution >= 0.6 is 15.9 Å². The third kappa shape index (κ3) is 26.3.